The van der Waals surface area contributed by atoms with Crippen molar-refractivity contribution in [2.24, 2.45) is 0 Å². The van der Waals surface area contributed by atoms with Gasteiger partial charge in [0.25, 0.3) is 5.56 Å². The zero-order valence-corrected chi connectivity index (χ0v) is 17.2. The number of nitrogens with one attached hydrogen (secondary N) is 1. The Morgan fingerprint density at radius 3 is 2.63 bits per heavy atom. The highest BCUT2D eigenvalue weighted by atomic mass is 32.2. The van der Waals surface area contributed by atoms with E-state index in [-0.39, 0.29) is 16.7 Å². The Morgan fingerprint density at radius 1 is 1.26 bits per heavy atom. The number of quaternary nitrogens is 1. The molecule has 27 heavy (non-hydrogen) atoms. The van der Waals surface area contributed by atoms with Crippen LogP contribution in [0.2, 0.25) is 0 Å². The minimum atomic E-state index is -0.260. The molecular formula is C20H29N4O2S+. The molecule has 2 aromatic rings. The molecule has 6 nitrogen and oxygen atoms in total. The number of amides is 1. The number of carbonyl (C=O) groups excluding carboxylic acids is 1. The van der Waals surface area contributed by atoms with Crippen molar-refractivity contribution < 1.29 is 9.69 Å². The van der Waals surface area contributed by atoms with Crippen molar-refractivity contribution in [2.75, 3.05) is 32.7 Å². The van der Waals surface area contributed by atoms with Crippen LogP contribution in [0.4, 0.5) is 0 Å². The fourth-order valence-electron chi connectivity index (χ4n) is 3.52. The van der Waals surface area contributed by atoms with Gasteiger partial charge in [-0.25, -0.2) is 4.98 Å². The van der Waals surface area contributed by atoms with Crippen LogP contribution in [0.25, 0.3) is 10.9 Å². The first-order valence-electron chi connectivity index (χ1n) is 9.83. The van der Waals surface area contributed by atoms with E-state index in [2.05, 4.69) is 6.92 Å². The number of hydrogen-bond donors (Lipinski definition) is 1. The summed E-state index contributed by atoms with van der Waals surface area (Å²) in [6, 6.07) is 7.42. The van der Waals surface area contributed by atoms with Gasteiger partial charge in [0.15, 0.2) is 5.16 Å². The third-order valence-corrected chi connectivity index (χ3v) is 6.26. The van der Waals surface area contributed by atoms with Gasteiger partial charge in [-0.05, 0) is 32.4 Å². The van der Waals surface area contributed by atoms with Crippen LogP contribution >= 0.6 is 11.8 Å². The quantitative estimate of drug-likeness (QED) is 0.592. The van der Waals surface area contributed by atoms with Crippen LogP contribution in [0.3, 0.4) is 0 Å². The summed E-state index contributed by atoms with van der Waals surface area (Å²) in [7, 11) is 0. The number of piperazine rings is 1. The van der Waals surface area contributed by atoms with Gasteiger partial charge in [-0.3, -0.25) is 14.2 Å². The molecule has 1 saturated heterocycles. The number of likely N-dealkylation sites (N-methyl/N-ethyl adjacent to an activating group) is 1. The van der Waals surface area contributed by atoms with Crippen LogP contribution in [0.5, 0.6) is 0 Å². The average molecular weight is 390 g/mol. The van der Waals surface area contributed by atoms with Crippen LogP contribution in [0, 0.1) is 0 Å². The maximum atomic E-state index is 12.9. The monoisotopic (exact) mass is 389 g/mol. The van der Waals surface area contributed by atoms with Crippen LogP contribution in [-0.2, 0) is 11.3 Å². The van der Waals surface area contributed by atoms with Gasteiger partial charge < -0.3 is 9.80 Å². The molecule has 1 N–H and O–H groups in total. The van der Waals surface area contributed by atoms with Gasteiger partial charge in [0.2, 0.25) is 5.91 Å². The van der Waals surface area contributed by atoms with Crippen LogP contribution in [-0.4, -0.2) is 58.3 Å². The molecule has 146 valence electrons. The number of thioether (sulfide) groups is 1. The zero-order valence-electron chi connectivity index (χ0n) is 16.4. The van der Waals surface area contributed by atoms with Crippen molar-refractivity contribution in [1.29, 1.82) is 0 Å². The highest BCUT2D eigenvalue weighted by molar-refractivity contribution is 8.00. The van der Waals surface area contributed by atoms with Crippen LogP contribution in [0.1, 0.15) is 27.2 Å². The second-order valence-corrected chi connectivity index (χ2v) is 8.37. The number of nitrogens with zero attached hydrogens (tertiary/aromatic N) is 3. The zero-order chi connectivity index (χ0) is 19.4. The van der Waals surface area contributed by atoms with E-state index in [9.17, 15) is 9.59 Å². The highest BCUT2D eigenvalue weighted by Crippen LogP contribution is 2.24. The summed E-state index contributed by atoms with van der Waals surface area (Å²) in [5, 5.41) is 1.01. The normalized spacial score (nSPS) is 16.6. The summed E-state index contributed by atoms with van der Waals surface area (Å²) in [4.78, 5) is 34.0. The van der Waals surface area contributed by atoms with Gasteiger partial charge in [-0.1, -0.05) is 30.8 Å². The SMILES string of the molecule is CCCn1c(S[C@@H](C)C(=O)N2CC[NH+](CC)CC2)nc2ccccc2c1=O. The Hall–Kier alpha value is -1.86. The van der Waals surface area contributed by atoms with Crippen LogP contribution in [0.15, 0.2) is 34.2 Å². The van der Waals surface area contributed by atoms with E-state index in [0.717, 1.165) is 39.1 Å². The lowest BCUT2D eigenvalue weighted by atomic mass is 10.2. The minimum absolute atomic E-state index is 0.0234. The summed E-state index contributed by atoms with van der Waals surface area (Å²) in [6.07, 6.45) is 0.845. The summed E-state index contributed by atoms with van der Waals surface area (Å²) in [5.74, 6) is 0.139. The van der Waals surface area contributed by atoms with Gasteiger partial charge in [0.05, 0.1) is 48.9 Å². The Labute approximate surface area is 164 Å². The highest BCUT2D eigenvalue weighted by Gasteiger charge is 2.28. The van der Waals surface area contributed by atoms with E-state index in [0.29, 0.717) is 22.6 Å². The second kappa shape index (κ2) is 8.89. The number of carbonyl (C=O) groups is 1. The van der Waals surface area contributed by atoms with E-state index < -0.39 is 0 Å². The Balaban J connectivity index is 1.81. The van der Waals surface area contributed by atoms with E-state index >= 15 is 0 Å². The molecule has 7 heteroatoms. The molecule has 1 aliphatic heterocycles. The van der Waals surface area contributed by atoms with Crippen molar-refractivity contribution >= 4 is 28.6 Å². The summed E-state index contributed by atoms with van der Waals surface area (Å²) in [6.45, 7) is 11.5. The lowest BCUT2D eigenvalue weighted by Gasteiger charge is -2.33. The first-order valence-corrected chi connectivity index (χ1v) is 10.7. The molecule has 0 radical (unpaired) electrons. The van der Waals surface area contributed by atoms with Crippen molar-refractivity contribution in [2.45, 2.75) is 44.1 Å². The number of fused-ring (bicyclic) bond motifs is 1. The number of hydrogen-bond acceptors (Lipinski definition) is 4. The topological polar surface area (TPSA) is 59.6 Å². The van der Waals surface area contributed by atoms with E-state index in [4.69, 9.17) is 4.98 Å². The molecule has 0 saturated carbocycles. The maximum absolute atomic E-state index is 12.9. The van der Waals surface area contributed by atoms with Gasteiger partial charge in [0, 0.05) is 6.54 Å². The van der Waals surface area contributed by atoms with Crippen LogP contribution < -0.4 is 10.5 Å². The summed E-state index contributed by atoms with van der Waals surface area (Å²) < 4.78 is 1.72. The fraction of sp³-hybridized carbons (Fsp3) is 0.550. The Morgan fingerprint density at radius 2 is 1.96 bits per heavy atom. The van der Waals surface area contributed by atoms with Crippen molar-refractivity contribution in [3.63, 3.8) is 0 Å². The van der Waals surface area contributed by atoms with Crippen molar-refractivity contribution in [1.82, 2.24) is 14.5 Å². The number of aromatic nitrogens is 2. The van der Waals surface area contributed by atoms with E-state index in [1.54, 1.807) is 9.47 Å². The third kappa shape index (κ3) is 4.35. The summed E-state index contributed by atoms with van der Waals surface area (Å²) in [5.41, 5.74) is 0.668. The Bertz CT molecular complexity index is 859. The lowest BCUT2D eigenvalue weighted by Crippen LogP contribution is -3.14. The fourth-order valence-corrected chi connectivity index (χ4v) is 4.54. The molecule has 1 aromatic carbocycles. The van der Waals surface area contributed by atoms with Gasteiger partial charge >= 0.3 is 0 Å². The van der Waals surface area contributed by atoms with Gasteiger partial charge in [0.1, 0.15) is 0 Å². The van der Waals surface area contributed by atoms with E-state index in [1.165, 1.54) is 11.8 Å². The molecule has 0 spiro atoms. The minimum Gasteiger partial charge on any atom is -0.332 e. The number of benzene rings is 1. The number of para-hydroxylation sites is 1. The Kier molecular flexibility index (Phi) is 6.55. The maximum Gasteiger partial charge on any atom is 0.262 e. The lowest BCUT2D eigenvalue weighted by molar-refractivity contribution is -0.902. The first kappa shape index (κ1) is 19.9. The van der Waals surface area contributed by atoms with Crippen molar-refractivity contribution in [3.05, 3.63) is 34.6 Å². The smallest absolute Gasteiger partial charge is 0.262 e. The van der Waals surface area contributed by atoms with Crippen molar-refractivity contribution in [3.8, 4) is 0 Å². The first-order chi connectivity index (χ1) is 13.0. The predicted octanol–water partition coefficient (Wildman–Crippen LogP) is 1.03. The molecule has 0 unspecified atom stereocenters. The standard InChI is InChI=1S/C20H28N4O2S/c1-4-10-24-19(26)16-8-6-7-9-17(16)21-20(24)27-15(3)18(25)23-13-11-22(5-2)12-14-23/h6-9,15H,4-5,10-14H2,1-3H3/p+1/t15-/m0/s1. The molecular weight excluding hydrogens is 360 g/mol. The van der Waals surface area contributed by atoms with Gasteiger partial charge in [-0.15, -0.1) is 0 Å². The van der Waals surface area contributed by atoms with Gasteiger partial charge in [-0.2, -0.15) is 0 Å². The molecule has 1 atom stereocenters. The molecule has 1 aromatic heterocycles. The molecule has 1 fully saturated rings. The predicted molar refractivity (Wildman–Crippen MR) is 109 cm³/mol. The van der Waals surface area contributed by atoms with E-state index in [1.807, 2.05) is 43.0 Å². The molecule has 2 heterocycles. The summed E-state index contributed by atoms with van der Waals surface area (Å²) >= 11 is 1.40. The number of rotatable bonds is 6. The molecule has 1 amide bonds. The second-order valence-electron chi connectivity index (χ2n) is 7.06. The third-order valence-electron chi connectivity index (χ3n) is 5.19. The molecule has 1 aliphatic rings. The molecule has 3 rings (SSSR count). The molecule has 0 aliphatic carbocycles. The average Bonchev–Trinajstić information content (AvgIpc) is 2.70. The molecule has 0 bridgehead atoms. The largest absolute Gasteiger partial charge is 0.332 e.